The van der Waals surface area contributed by atoms with Crippen LogP contribution in [0.2, 0.25) is 0 Å². The number of nitrogens with two attached hydrogens (primary N) is 1. The molecule has 3 rings (SSSR count). The highest BCUT2D eigenvalue weighted by atomic mass is 19.1. The second-order valence-corrected chi connectivity index (χ2v) is 8.88. The van der Waals surface area contributed by atoms with Crippen LogP contribution in [0, 0.1) is 11.7 Å². The molecule has 2 aromatic rings. The van der Waals surface area contributed by atoms with E-state index in [4.69, 9.17) is 5.73 Å². The van der Waals surface area contributed by atoms with E-state index in [1.54, 1.807) is 0 Å². The van der Waals surface area contributed by atoms with Crippen LogP contribution in [0.1, 0.15) is 67.9 Å². The summed E-state index contributed by atoms with van der Waals surface area (Å²) in [5.74, 6) is -0.482. The lowest BCUT2D eigenvalue weighted by Gasteiger charge is -2.37. The van der Waals surface area contributed by atoms with Crippen LogP contribution >= 0.6 is 0 Å². The van der Waals surface area contributed by atoms with E-state index in [2.05, 4.69) is 4.99 Å². The Balaban J connectivity index is 1.78. The third-order valence-electron chi connectivity index (χ3n) is 6.26. The molecular weight excluding hydrogens is 393 g/mol. The molecule has 0 fully saturated rings. The molecule has 2 N–H and O–H groups in total. The number of aliphatic imine (C=N–C) groups is 1. The number of hydrogen-bond donors (Lipinski definition) is 1. The maximum atomic E-state index is 14.5. The van der Waals surface area contributed by atoms with Crippen LogP contribution in [-0.4, -0.2) is 28.1 Å². The van der Waals surface area contributed by atoms with E-state index in [0.717, 1.165) is 5.56 Å². The van der Waals surface area contributed by atoms with Crippen molar-refractivity contribution in [3.05, 3.63) is 71.0 Å². The van der Waals surface area contributed by atoms with Crippen molar-refractivity contribution < 1.29 is 14.0 Å². The smallest absolute Gasteiger partial charge is 0.232 e. The van der Waals surface area contributed by atoms with Crippen molar-refractivity contribution >= 4 is 17.6 Å². The van der Waals surface area contributed by atoms with Gasteiger partial charge in [0.05, 0.1) is 18.5 Å². The van der Waals surface area contributed by atoms with Crippen molar-refractivity contribution in [2.45, 2.75) is 58.5 Å². The zero-order valence-electron chi connectivity index (χ0n) is 18.6. The van der Waals surface area contributed by atoms with Crippen LogP contribution in [0.3, 0.4) is 0 Å². The molecule has 2 atom stereocenters. The Labute approximate surface area is 183 Å². The fraction of sp³-hybridized carbons (Fsp3) is 0.400. The molecule has 5 nitrogen and oxygen atoms in total. The van der Waals surface area contributed by atoms with Crippen LogP contribution in [0.15, 0.2) is 53.5 Å². The molecule has 2 aromatic carbocycles. The number of hydrogen-bond acceptors (Lipinski definition) is 4. The minimum Gasteiger partial charge on any atom is -0.369 e. The third kappa shape index (κ3) is 5.01. The zero-order chi connectivity index (χ0) is 22.8. The second kappa shape index (κ2) is 9.00. The lowest BCUT2D eigenvalue weighted by atomic mass is 9.84. The number of rotatable bonds is 7. The van der Waals surface area contributed by atoms with E-state index in [9.17, 15) is 14.0 Å². The third-order valence-corrected chi connectivity index (χ3v) is 6.26. The van der Waals surface area contributed by atoms with Crippen molar-refractivity contribution in [3.8, 4) is 0 Å². The Bertz CT molecular complexity index is 1000. The molecule has 0 aliphatic carbocycles. The maximum absolute atomic E-state index is 14.5. The molecule has 1 aliphatic heterocycles. The van der Waals surface area contributed by atoms with Crippen molar-refractivity contribution in [3.63, 3.8) is 0 Å². The van der Waals surface area contributed by atoms with Crippen LogP contribution in [0.4, 0.5) is 4.39 Å². The standard InChI is InChI=1S/C25H30FN3O2/c1-16(2)25(4)14-23(31)29(24(27)28-25)15-20-13-19(10-11-21(20)26)22(30)12-17(3)18-8-6-5-7-9-18/h5-11,13,16-17H,12,14-15H2,1-4H3,(H2,27,28)/t17-,25+/m1/s1. The molecule has 0 saturated carbocycles. The van der Waals surface area contributed by atoms with Gasteiger partial charge in [0.25, 0.3) is 0 Å². The first-order valence-electron chi connectivity index (χ1n) is 10.6. The summed E-state index contributed by atoms with van der Waals surface area (Å²) in [4.78, 5) is 31.4. The average Bonchev–Trinajstić information content (AvgIpc) is 2.72. The van der Waals surface area contributed by atoms with E-state index >= 15 is 0 Å². The Morgan fingerprint density at radius 1 is 1.19 bits per heavy atom. The summed E-state index contributed by atoms with van der Waals surface area (Å²) in [7, 11) is 0. The van der Waals surface area contributed by atoms with Crippen molar-refractivity contribution in [1.82, 2.24) is 4.90 Å². The average molecular weight is 424 g/mol. The molecule has 0 spiro atoms. The summed E-state index contributed by atoms with van der Waals surface area (Å²) in [6.45, 7) is 7.82. The van der Waals surface area contributed by atoms with Gasteiger partial charge in [0.1, 0.15) is 5.82 Å². The number of carbonyl (C=O) groups excluding carboxylic acids is 2. The summed E-state index contributed by atoms with van der Waals surface area (Å²) < 4.78 is 14.5. The molecule has 31 heavy (non-hydrogen) atoms. The van der Waals surface area contributed by atoms with Gasteiger partial charge in [-0.25, -0.2) is 9.38 Å². The predicted octanol–water partition coefficient (Wildman–Crippen LogP) is 4.66. The molecule has 1 heterocycles. The molecule has 0 radical (unpaired) electrons. The van der Waals surface area contributed by atoms with Crippen LogP contribution in [0.25, 0.3) is 0 Å². The van der Waals surface area contributed by atoms with E-state index in [1.165, 1.54) is 23.1 Å². The Morgan fingerprint density at radius 2 is 1.87 bits per heavy atom. The molecule has 164 valence electrons. The highest BCUT2D eigenvalue weighted by molar-refractivity contribution is 5.99. The maximum Gasteiger partial charge on any atom is 0.232 e. The molecule has 1 amide bonds. The van der Waals surface area contributed by atoms with Gasteiger partial charge in [-0.15, -0.1) is 0 Å². The summed E-state index contributed by atoms with van der Waals surface area (Å²) in [6, 6.07) is 14.1. The molecule has 0 saturated heterocycles. The molecule has 6 heteroatoms. The van der Waals surface area contributed by atoms with Gasteiger partial charge in [-0.1, -0.05) is 51.1 Å². The molecule has 0 aromatic heterocycles. The van der Waals surface area contributed by atoms with Crippen LogP contribution < -0.4 is 5.73 Å². The van der Waals surface area contributed by atoms with Crippen LogP contribution in [-0.2, 0) is 11.3 Å². The van der Waals surface area contributed by atoms with Crippen molar-refractivity contribution in [2.75, 3.05) is 0 Å². The van der Waals surface area contributed by atoms with Crippen molar-refractivity contribution in [2.24, 2.45) is 16.6 Å². The number of benzene rings is 2. The Hall–Kier alpha value is -3.02. The molecular formula is C25H30FN3O2. The van der Waals surface area contributed by atoms with Crippen LogP contribution in [0.5, 0.6) is 0 Å². The summed E-state index contributed by atoms with van der Waals surface area (Å²) in [5, 5.41) is 0. The van der Waals surface area contributed by atoms with E-state index < -0.39 is 11.4 Å². The number of Topliss-reactive ketones (excluding diaryl/α,β-unsaturated/α-hetero) is 1. The SMILES string of the molecule is CC(C)[C@]1(C)CC(=O)N(Cc2cc(C(=O)C[C@@H](C)c3ccccc3)ccc2F)C(N)=N1. The monoisotopic (exact) mass is 423 g/mol. The molecule has 1 aliphatic rings. The van der Waals surface area contributed by atoms with Gasteiger partial charge in [0.15, 0.2) is 11.7 Å². The van der Waals surface area contributed by atoms with Crippen molar-refractivity contribution in [1.29, 1.82) is 0 Å². The molecule has 0 bridgehead atoms. The number of ketones is 1. The largest absolute Gasteiger partial charge is 0.369 e. The number of guanidine groups is 1. The highest BCUT2D eigenvalue weighted by Gasteiger charge is 2.38. The molecule has 0 unspecified atom stereocenters. The van der Waals surface area contributed by atoms with Gasteiger partial charge in [0.2, 0.25) is 5.91 Å². The van der Waals surface area contributed by atoms with Gasteiger partial charge in [-0.05, 0) is 42.5 Å². The van der Waals surface area contributed by atoms with Gasteiger partial charge in [-0.2, -0.15) is 0 Å². The first-order chi connectivity index (χ1) is 14.6. The van der Waals surface area contributed by atoms with E-state index in [-0.39, 0.29) is 48.0 Å². The number of nitrogens with zero attached hydrogens (tertiary/aromatic N) is 2. The van der Waals surface area contributed by atoms with Gasteiger partial charge in [-0.3, -0.25) is 14.5 Å². The fourth-order valence-electron chi connectivity index (χ4n) is 3.73. The zero-order valence-corrected chi connectivity index (χ0v) is 18.6. The summed E-state index contributed by atoms with van der Waals surface area (Å²) in [6.07, 6.45) is 0.522. The van der Waals surface area contributed by atoms with E-state index in [1.807, 2.05) is 58.0 Å². The van der Waals surface area contributed by atoms with Gasteiger partial charge < -0.3 is 5.73 Å². The lowest BCUT2D eigenvalue weighted by molar-refractivity contribution is -0.130. The minimum absolute atomic E-state index is 0.0439. The lowest BCUT2D eigenvalue weighted by Crippen LogP contribution is -2.51. The fourth-order valence-corrected chi connectivity index (χ4v) is 3.73. The second-order valence-electron chi connectivity index (χ2n) is 8.88. The highest BCUT2D eigenvalue weighted by Crippen LogP contribution is 2.30. The number of amides is 1. The summed E-state index contributed by atoms with van der Waals surface area (Å²) in [5.41, 5.74) is 7.26. The van der Waals surface area contributed by atoms with Gasteiger partial charge in [0, 0.05) is 17.5 Å². The van der Waals surface area contributed by atoms with Gasteiger partial charge >= 0.3 is 0 Å². The first kappa shape index (κ1) is 22.7. The number of halogens is 1. The predicted molar refractivity (Wildman–Crippen MR) is 120 cm³/mol. The summed E-state index contributed by atoms with van der Waals surface area (Å²) >= 11 is 0. The van der Waals surface area contributed by atoms with E-state index in [0.29, 0.717) is 12.0 Å². The first-order valence-corrected chi connectivity index (χ1v) is 10.6. The quantitative estimate of drug-likeness (QED) is 0.658. The minimum atomic E-state index is -0.568. The Kier molecular flexibility index (Phi) is 6.58. The Morgan fingerprint density at radius 3 is 2.48 bits per heavy atom. The number of carbonyl (C=O) groups is 2. The normalized spacial score (nSPS) is 20.0. The topological polar surface area (TPSA) is 75.8 Å².